The summed E-state index contributed by atoms with van der Waals surface area (Å²) in [6.07, 6.45) is 0.476. The highest BCUT2D eigenvalue weighted by molar-refractivity contribution is 7.99. The Bertz CT molecular complexity index is 1360. The number of thioether (sulfide) groups is 1. The van der Waals surface area contributed by atoms with Gasteiger partial charge in [-0.25, -0.2) is 18.4 Å². The first-order valence-electron chi connectivity index (χ1n) is 9.29. The van der Waals surface area contributed by atoms with Crippen LogP contribution in [0.4, 0.5) is 0 Å². The lowest BCUT2D eigenvalue weighted by atomic mass is 10.2. The minimum atomic E-state index is -3.02. The number of para-hydroxylation sites is 3. The van der Waals surface area contributed by atoms with Gasteiger partial charge in [-0.05, 0) is 30.7 Å². The molecule has 1 fully saturated rings. The Morgan fingerprint density at radius 1 is 1.10 bits per heavy atom. The SMILES string of the molecule is O=C(CSc1nc2ccccc2c2nc3ccccc3n12)N[C@H]1CCS(=O)(=O)C1. The quantitative estimate of drug-likeness (QED) is 0.398. The van der Waals surface area contributed by atoms with Crippen LogP contribution < -0.4 is 5.32 Å². The van der Waals surface area contributed by atoms with Crippen molar-refractivity contribution in [2.24, 2.45) is 0 Å². The summed E-state index contributed by atoms with van der Waals surface area (Å²) < 4.78 is 25.2. The smallest absolute Gasteiger partial charge is 0.230 e. The minimum Gasteiger partial charge on any atom is -0.352 e. The van der Waals surface area contributed by atoms with Crippen LogP contribution in [0.3, 0.4) is 0 Å². The first-order chi connectivity index (χ1) is 14.0. The van der Waals surface area contributed by atoms with E-state index in [0.29, 0.717) is 11.6 Å². The lowest BCUT2D eigenvalue weighted by molar-refractivity contribution is -0.119. The number of imidazole rings is 1. The van der Waals surface area contributed by atoms with E-state index in [-0.39, 0.29) is 29.2 Å². The van der Waals surface area contributed by atoms with Gasteiger partial charge in [0, 0.05) is 11.4 Å². The van der Waals surface area contributed by atoms with Crippen LogP contribution in [0.2, 0.25) is 0 Å². The molecule has 1 aliphatic rings. The van der Waals surface area contributed by atoms with E-state index in [1.54, 1.807) is 0 Å². The zero-order valence-electron chi connectivity index (χ0n) is 15.4. The molecule has 148 valence electrons. The molecule has 2 aromatic carbocycles. The number of fused-ring (bicyclic) bond motifs is 5. The van der Waals surface area contributed by atoms with Crippen molar-refractivity contribution < 1.29 is 13.2 Å². The first kappa shape index (κ1) is 18.4. The maximum Gasteiger partial charge on any atom is 0.230 e. The maximum absolute atomic E-state index is 12.4. The molecule has 1 aliphatic heterocycles. The van der Waals surface area contributed by atoms with E-state index in [1.807, 2.05) is 52.9 Å². The van der Waals surface area contributed by atoms with Gasteiger partial charge >= 0.3 is 0 Å². The average molecular weight is 427 g/mol. The molecule has 5 rings (SSSR count). The van der Waals surface area contributed by atoms with Gasteiger partial charge in [0.2, 0.25) is 5.91 Å². The van der Waals surface area contributed by atoms with Crippen LogP contribution in [0.5, 0.6) is 0 Å². The van der Waals surface area contributed by atoms with Crippen LogP contribution >= 0.6 is 11.8 Å². The van der Waals surface area contributed by atoms with Gasteiger partial charge in [-0.15, -0.1) is 0 Å². The molecular formula is C20H18N4O3S2. The van der Waals surface area contributed by atoms with E-state index in [2.05, 4.69) is 5.32 Å². The van der Waals surface area contributed by atoms with E-state index in [1.165, 1.54) is 11.8 Å². The number of benzene rings is 2. The number of amides is 1. The molecule has 9 heteroatoms. The Morgan fingerprint density at radius 3 is 2.66 bits per heavy atom. The van der Waals surface area contributed by atoms with Crippen LogP contribution in [0.1, 0.15) is 6.42 Å². The van der Waals surface area contributed by atoms with Crippen molar-refractivity contribution in [3.63, 3.8) is 0 Å². The van der Waals surface area contributed by atoms with Crippen LogP contribution in [0, 0.1) is 0 Å². The molecule has 1 atom stereocenters. The Hall–Kier alpha value is -2.65. The fourth-order valence-corrected chi connectivity index (χ4v) is 6.21. The molecule has 1 saturated heterocycles. The molecule has 1 N–H and O–H groups in total. The van der Waals surface area contributed by atoms with Gasteiger partial charge in [-0.1, -0.05) is 36.0 Å². The standard InChI is InChI=1S/C20H18N4O3S2/c25-18(21-13-9-10-29(26,27)12-13)11-28-20-23-15-6-2-1-5-14(15)19-22-16-7-3-4-8-17(16)24(19)20/h1-8,13H,9-12H2,(H,21,25)/t13-/m0/s1. The monoisotopic (exact) mass is 426 g/mol. The summed E-state index contributed by atoms with van der Waals surface area (Å²) in [5, 5.41) is 4.46. The molecule has 0 saturated carbocycles. The normalized spacial score (nSPS) is 18.6. The highest BCUT2D eigenvalue weighted by Gasteiger charge is 2.29. The summed E-state index contributed by atoms with van der Waals surface area (Å²) in [5.74, 6) is 0.126. The van der Waals surface area contributed by atoms with Gasteiger partial charge in [0.15, 0.2) is 15.0 Å². The number of nitrogens with one attached hydrogen (secondary N) is 1. The molecule has 3 heterocycles. The Kier molecular flexibility index (Phi) is 4.44. The van der Waals surface area contributed by atoms with Crippen molar-refractivity contribution in [3.8, 4) is 0 Å². The average Bonchev–Trinajstić information content (AvgIpc) is 3.26. The lowest BCUT2D eigenvalue weighted by Gasteiger charge is -2.11. The van der Waals surface area contributed by atoms with Gasteiger partial charge in [0.05, 0.1) is 33.8 Å². The zero-order valence-corrected chi connectivity index (χ0v) is 17.0. The number of sulfone groups is 1. The number of aromatic nitrogens is 3. The van der Waals surface area contributed by atoms with Crippen LogP contribution in [-0.2, 0) is 14.6 Å². The Labute approximate surface area is 171 Å². The fraction of sp³-hybridized carbons (Fsp3) is 0.250. The third-order valence-corrected chi connectivity index (χ3v) is 7.75. The molecule has 0 aliphatic carbocycles. The maximum atomic E-state index is 12.4. The summed E-state index contributed by atoms with van der Waals surface area (Å²) in [4.78, 5) is 21.9. The van der Waals surface area contributed by atoms with Crippen molar-refractivity contribution in [1.29, 1.82) is 0 Å². The summed E-state index contributed by atoms with van der Waals surface area (Å²) in [6, 6.07) is 15.3. The second-order valence-corrected chi connectivity index (χ2v) is 10.3. The largest absolute Gasteiger partial charge is 0.352 e. The molecule has 0 unspecified atom stereocenters. The van der Waals surface area contributed by atoms with Crippen LogP contribution in [0.15, 0.2) is 53.7 Å². The number of carbonyl (C=O) groups excluding carboxylic acids is 1. The second-order valence-electron chi connectivity index (χ2n) is 7.13. The number of carbonyl (C=O) groups is 1. The summed E-state index contributed by atoms with van der Waals surface area (Å²) in [5.41, 5.74) is 3.43. The molecule has 0 radical (unpaired) electrons. The summed E-state index contributed by atoms with van der Waals surface area (Å²) >= 11 is 1.33. The van der Waals surface area contributed by atoms with Gasteiger partial charge in [0.1, 0.15) is 5.65 Å². The second kappa shape index (κ2) is 7.00. The highest BCUT2D eigenvalue weighted by Crippen LogP contribution is 2.28. The lowest BCUT2D eigenvalue weighted by Crippen LogP contribution is -2.36. The molecule has 0 spiro atoms. The van der Waals surface area contributed by atoms with Gasteiger partial charge in [-0.3, -0.25) is 9.20 Å². The van der Waals surface area contributed by atoms with Crippen molar-refractivity contribution in [2.45, 2.75) is 17.6 Å². The molecule has 1 amide bonds. The van der Waals surface area contributed by atoms with Crippen molar-refractivity contribution >= 4 is 55.1 Å². The van der Waals surface area contributed by atoms with Crippen LogP contribution in [0.25, 0.3) is 27.6 Å². The first-order valence-corrected chi connectivity index (χ1v) is 12.1. The fourth-order valence-electron chi connectivity index (χ4n) is 3.72. The van der Waals surface area contributed by atoms with Crippen molar-refractivity contribution in [1.82, 2.24) is 19.7 Å². The minimum absolute atomic E-state index is 0.0219. The molecule has 29 heavy (non-hydrogen) atoms. The third-order valence-electron chi connectivity index (χ3n) is 5.04. The molecule has 2 aromatic heterocycles. The topological polar surface area (TPSA) is 93.4 Å². The Morgan fingerprint density at radius 2 is 1.86 bits per heavy atom. The van der Waals surface area contributed by atoms with Gasteiger partial charge in [-0.2, -0.15) is 0 Å². The molecule has 0 bridgehead atoms. The summed E-state index contributed by atoms with van der Waals surface area (Å²) in [6.45, 7) is 0. The van der Waals surface area contributed by atoms with Crippen molar-refractivity contribution in [3.05, 3.63) is 48.5 Å². The number of hydrogen-bond donors (Lipinski definition) is 1. The molecule has 7 nitrogen and oxygen atoms in total. The summed E-state index contributed by atoms with van der Waals surface area (Å²) in [7, 11) is -3.02. The predicted octanol–water partition coefficient (Wildman–Crippen LogP) is 2.43. The predicted molar refractivity (Wildman–Crippen MR) is 114 cm³/mol. The molecular weight excluding hydrogens is 408 g/mol. The van der Waals surface area contributed by atoms with Crippen molar-refractivity contribution in [2.75, 3.05) is 17.3 Å². The number of rotatable bonds is 4. The number of nitrogens with zero attached hydrogens (tertiary/aromatic N) is 3. The van der Waals surface area contributed by atoms with E-state index in [9.17, 15) is 13.2 Å². The Balaban J connectivity index is 1.48. The van der Waals surface area contributed by atoms with E-state index in [4.69, 9.17) is 9.97 Å². The third kappa shape index (κ3) is 3.44. The van der Waals surface area contributed by atoms with E-state index < -0.39 is 9.84 Å². The van der Waals surface area contributed by atoms with E-state index >= 15 is 0 Å². The highest BCUT2D eigenvalue weighted by atomic mass is 32.2. The zero-order chi connectivity index (χ0) is 20.0. The van der Waals surface area contributed by atoms with Gasteiger partial charge < -0.3 is 5.32 Å². The van der Waals surface area contributed by atoms with E-state index in [0.717, 1.165) is 27.6 Å². The number of hydrogen-bond acceptors (Lipinski definition) is 6. The van der Waals surface area contributed by atoms with Crippen LogP contribution in [-0.4, -0.2) is 52.0 Å². The molecule has 4 aromatic rings. The van der Waals surface area contributed by atoms with Gasteiger partial charge in [0.25, 0.3) is 0 Å².